The smallest absolute Gasteiger partial charge is 0.407 e. The molecule has 0 aliphatic heterocycles. The van der Waals surface area contributed by atoms with E-state index < -0.39 is 6.09 Å². The first kappa shape index (κ1) is 20.3. The highest BCUT2D eigenvalue weighted by molar-refractivity contribution is 5.79. The van der Waals surface area contributed by atoms with Crippen molar-refractivity contribution in [2.24, 2.45) is 4.99 Å². The highest BCUT2D eigenvalue weighted by Crippen LogP contribution is 2.44. The van der Waals surface area contributed by atoms with E-state index in [0.717, 1.165) is 5.56 Å². The van der Waals surface area contributed by atoms with Gasteiger partial charge in [0, 0.05) is 12.5 Å². The van der Waals surface area contributed by atoms with Crippen LogP contribution in [0, 0.1) is 0 Å². The van der Waals surface area contributed by atoms with E-state index in [2.05, 4.69) is 34.6 Å². The molecule has 3 aromatic carbocycles. The summed E-state index contributed by atoms with van der Waals surface area (Å²) in [6.45, 7) is 0.798. The summed E-state index contributed by atoms with van der Waals surface area (Å²) in [5.74, 6) is 0.0598. The van der Waals surface area contributed by atoms with E-state index in [4.69, 9.17) is 4.74 Å². The molecule has 0 saturated heterocycles. The van der Waals surface area contributed by atoms with Crippen molar-refractivity contribution in [3.63, 3.8) is 0 Å². The number of amides is 1. The summed E-state index contributed by atoms with van der Waals surface area (Å²) in [6.07, 6.45) is 5.71. The Balaban J connectivity index is 1.25. The first-order chi connectivity index (χ1) is 15.3. The molecular weight excluding hydrogens is 388 g/mol. The van der Waals surface area contributed by atoms with Crippen molar-refractivity contribution in [1.29, 1.82) is 0 Å². The summed E-state index contributed by atoms with van der Waals surface area (Å²) < 4.78 is 5.52. The van der Waals surface area contributed by atoms with E-state index in [1.807, 2.05) is 48.6 Å². The second-order valence-corrected chi connectivity index (χ2v) is 7.24. The van der Waals surface area contributed by atoms with Crippen LogP contribution in [0.1, 0.15) is 29.0 Å². The number of alkyl carbamates (subject to hydrolysis) is 1. The molecule has 5 nitrogen and oxygen atoms in total. The molecule has 0 atom stereocenters. The molecule has 31 heavy (non-hydrogen) atoms. The Bertz CT molecular complexity index is 1100. The number of nitrogens with zero attached hydrogens (tertiary/aromatic N) is 1. The molecule has 0 spiro atoms. The van der Waals surface area contributed by atoms with E-state index in [0.29, 0.717) is 25.3 Å². The molecule has 0 unspecified atom stereocenters. The van der Waals surface area contributed by atoms with Crippen LogP contribution in [0.4, 0.5) is 10.5 Å². The minimum atomic E-state index is -0.411. The number of rotatable bonds is 7. The van der Waals surface area contributed by atoms with Gasteiger partial charge in [-0.2, -0.15) is 4.99 Å². The zero-order valence-corrected chi connectivity index (χ0v) is 17.0. The van der Waals surface area contributed by atoms with Gasteiger partial charge in [0.05, 0.1) is 5.69 Å². The largest absolute Gasteiger partial charge is 0.449 e. The van der Waals surface area contributed by atoms with Gasteiger partial charge in [-0.3, -0.25) is 0 Å². The van der Waals surface area contributed by atoms with Crippen molar-refractivity contribution in [2.75, 3.05) is 13.2 Å². The van der Waals surface area contributed by atoms with Crippen LogP contribution in [0.3, 0.4) is 0 Å². The average Bonchev–Trinajstić information content (AvgIpc) is 3.12. The molecule has 0 heterocycles. The lowest BCUT2D eigenvalue weighted by Crippen LogP contribution is -2.26. The van der Waals surface area contributed by atoms with Gasteiger partial charge in [-0.25, -0.2) is 9.59 Å². The topological polar surface area (TPSA) is 67.8 Å². The predicted molar refractivity (Wildman–Crippen MR) is 121 cm³/mol. The zero-order valence-electron chi connectivity index (χ0n) is 17.0. The zero-order chi connectivity index (χ0) is 21.5. The summed E-state index contributed by atoms with van der Waals surface area (Å²) in [5, 5.41) is 2.80. The molecular formula is C26H22N2O3. The Morgan fingerprint density at radius 3 is 2.26 bits per heavy atom. The monoisotopic (exact) mass is 410 g/mol. The Hall–Kier alpha value is -3.95. The van der Waals surface area contributed by atoms with E-state index in [1.54, 1.807) is 12.1 Å². The van der Waals surface area contributed by atoms with E-state index in [9.17, 15) is 9.59 Å². The van der Waals surface area contributed by atoms with Crippen LogP contribution in [0.25, 0.3) is 17.2 Å². The van der Waals surface area contributed by atoms with Crippen LogP contribution in [-0.2, 0) is 9.53 Å². The van der Waals surface area contributed by atoms with Crippen molar-refractivity contribution in [3.05, 3.63) is 95.6 Å². The van der Waals surface area contributed by atoms with Crippen molar-refractivity contribution < 1.29 is 14.3 Å². The van der Waals surface area contributed by atoms with Gasteiger partial charge in [-0.05, 0) is 46.4 Å². The maximum Gasteiger partial charge on any atom is 0.407 e. The van der Waals surface area contributed by atoms with Crippen molar-refractivity contribution in [1.82, 2.24) is 5.32 Å². The van der Waals surface area contributed by atoms with Crippen LogP contribution in [0.5, 0.6) is 0 Å². The number of hydrogen-bond donors (Lipinski definition) is 1. The number of carbonyl (C=O) groups excluding carboxylic acids is 2. The van der Waals surface area contributed by atoms with Crippen molar-refractivity contribution in [3.8, 4) is 11.1 Å². The maximum atomic E-state index is 12.2. The van der Waals surface area contributed by atoms with Crippen molar-refractivity contribution in [2.45, 2.75) is 12.3 Å². The molecule has 1 N–H and O–H groups in total. The highest BCUT2D eigenvalue weighted by Gasteiger charge is 2.28. The van der Waals surface area contributed by atoms with Crippen LogP contribution in [-0.4, -0.2) is 25.3 Å². The fourth-order valence-corrected chi connectivity index (χ4v) is 3.84. The number of isocyanates is 1. The Morgan fingerprint density at radius 2 is 1.61 bits per heavy atom. The first-order valence-electron chi connectivity index (χ1n) is 10.2. The molecule has 0 radical (unpaired) electrons. The standard InChI is InChI=1S/C26H22N2O3/c29-18-28-20-14-12-19(13-15-20)7-5-6-16-27-26(30)31-17-25-23-10-3-1-8-21(23)22-9-2-4-11-24(22)25/h1-5,7-15,25H,6,16-17H2,(H,27,30). The van der Waals surface area contributed by atoms with Crippen molar-refractivity contribution >= 4 is 23.9 Å². The number of hydrogen-bond acceptors (Lipinski definition) is 4. The molecule has 0 bridgehead atoms. The second-order valence-electron chi connectivity index (χ2n) is 7.24. The normalized spacial score (nSPS) is 12.1. The molecule has 0 fully saturated rings. The Labute approximate surface area is 181 Å². The fourth-order valence-electron chi connectivity index (χ4n) is 3.84. The molecule has 3 aromatic rings. The fraction of sp³-hybridized carbons (Fsp3) is 0.154. The SMILES string of the molecule is O=C=Nc1ccc(C=CCCNC(=O)OCC2c3ccccc3-c3ccccc32)cc1. The van der Waals surface area contributed by atoms with Gasteiger partial charge in [0.15, 0.2) is 0 Å². The molecule has 1 aliphatic carbocycles. The summed E-state index contributed by atoms with van der Waals surface area (Å²) in [4.78, 5) is 26.0. The lowest BCUT2D eigenvalue weighted by Gasteiger charge is -2.14. The summed E-state index contributed by atoms with van der Waals surface area (Å²) in [5.41, 5.74) is 6.38. The summed E-state index contributed by atoms with van der Waals surface area (Å²) in [6, 6.07) is 23.8. The van der Waals surface area contributed by atoms with Crippen LogP contribution >= 0.6 is 0 Å². The summed E-state index contributed by atoms with van der Waals surface area (Å²) in [7, 11) is 0. The Morgan fingerprint density at radius 1 is 0.968 bits per heavy atom. The molecule has 0 saturated carbocycles. The minimum Gasteiger partial charge on any atom is -0.449 e. The molecule has 1 amide bonds. The van der Waals surface area contributed by atoms with Gasteiger partial charge >= 0.3 is 6.09 Å². The third kappa shape index (κ3) is 4.80. The van der Waals surface area contributed by atoms with Gasteiger partial charge in [-0.1, -0.05) is 72.8 Å². The average molecular weight is 410 g/mol. The van der Waals surface area contributed by atoms with Gasteiger partial charge < -0.3 is 10.1 Å². The maximum absolute atomic E-state index is 12.2. The molecule has 0 aromatic heterocycles. The predicted octanol–water partition coefficient (Wildman–Crippen LogP) is 5.60. The van der Waals surface area contributed by atoms with E-state index in [-0.39, 0.29) is 5.92 Å². The number of benzene rings is 3. The molecule has 1 aliphatic rings. The third-order valence-electron chi connectivity index (χ3n) is 5.30. The first-order valence-corrected chi connectivity index (χ1v) is 10.2. The molecule has 154 valence electrons. The Kier molecular flexibility index (Phi) is 6.36. The summed E-state index contributed by atoms with van der Waals surface area (Å²) >= 11 is 0. The molecule has 4 rings (SSSR count). The number of carbonyl (C=O) groups is 1. The number of nitrogens with one attached hydrogen (secondary N) is 1. The quantitative estimate of drug-likeness (QED) is 0.313. The lowest BCUT2D eigenvalue weighted by molar-refractivity contribution is 0.143. The number of aliphatic imine (C=N–C) groups is 1. The van der Waals surface area contributed by atoms with E-state index >= 15 is 0 Å². The van der Waals surface area contributed by atoms with Crippen LogP contribution in [0.2, 0.25) is 0 Å². The third-order valence-corrected chi connectivity index (χ3v) is 5.30. The van der Waals surface area contributed by atoms with Gasteiger partial charge in [-0.15, -0.1) is 0 Å². The number of ether oxygens (including phenoxy) is 1. The van der Waals surface area contributed by atoms with E-state index in [1.165, 1.54) is 28.3 Å². The number of fused-ring (bicyclic) bond motifs is 3. The molecule has 5 heteroatoms. The second kappa shape index (κ2) is 9.70. The van der Waals surface area contributed by atoms with Gasteiger partial charge in [0.2, 0.25) is 6.08 Å². The lowest BCUT2D eigenvalue weighted by atomic mass is 9.98. The minimum absolute atomic E-state index is 0.0598. The van der Waals surface area contributed by atoms with Crippen LogP contribution in [0.15, 0.2) is 83.9 Å². The van der Waals surface area contributed by atoms with Gasteiger partial charge in [0.25, 0.3) is 0 Å². The van der Waals surface area contributed by atoms with Crippen LogP contribution < -0.4 is 5.32 Å². The van der Waals surface area contributed by atoms with Gasteiger partial charge in [0.1, 0.15) is 6.61 Å². The highest BCUT2D eigenvalue weighted by atomic mass is 16.5.